The molecule has 1 amide bonds. The van der Waals surface area contributed by atoms with E-state index in [-0.39, 0.29) is 5.91 Å². The molecular weight excluding hydrogens is 335 g/mol. The van der Waals surface area contributed by atoms with Crippen LogP contribution in [0.5, 0.6) is 0 Å². The van der Waals surface area contributed by atoms with Crippen LogP contribution >= 0.6 is 11.6 Å². The zero-order chi connectivity index (χ0) is 16.8. The summed E-state index contributed by atoms with van der Waals surface area (Å²) in [6, 6.07) is 5.62. The van der Waals surface area contributed by atoms with Gasteiger partial charge in [0.15, 0.2) is 0 Å². The quantitative estimate of drug-likeness (QED) is 0.686. The van der Waals surface area contributed by atoms with Gasteiger partial charge in [0.05, 0.1) is 32.2 Å². The van der Waals surface area contributed by atoms with Crippen molar-refractivity contribution < 1.29 is 33.7 Å². The van der Waals surface area contributed by atoms with Gasteiger partial charge in [0, 0.05) is 0 Å². The van der Waals surface area contributed by atoms with Gasteiger partial charge in [0.2, 0.25) is 5.91 Å². The third-order valence-corrected chi connectivity index (χ3v) is 3.37. The van der Waals surface area contributed by atoms with Gasteiger partial charge in [-0.1, -0.05) is 23.7 Å². The van der Waals surface area contributed by atoms with Crippen molar-refractivity contribution >= 4 is 23.2 Å². The lowest BCUT2D eigenvalue weighted by atomic mass is 10.2. The highest BCUT2D eigenvalue weighted by molar-refractivity contribution is 6.33. The summed E-state index contributed by atoms with van der Waals surface area (Å²) in [4.78, 5) is 14.0. The van der Waals surface area contributed by atoms with Crippen LogP contribution in [0, 0.1) is 17.2 Å². The highest BCUT2D eigenvalue weighted by Gasteiger charge is 2.16. The molecule has 7 nitrogen and oxygen atoms in total. The minimum Gasteiger partial charge on any atom is -0.323 e. The summed E-state index contributed by atoms with van der Waals surface area (Å²) in [7, 11) is -4.69. The van der Waals surface area contributed by atoms with E-state index in [1.54, 1.807) is 6.07 Å². The zero-order valence-electron chi connectivity index (χ0n) is 12.1. The number of rotatable bonds is 3. The molecule has 0 atom stereocenters. The number of carbonyl (C=O) groups excluding carboxylic acids is 1. The van der Waals surface area contributed by atoms with Crippen LogP contribution in [0.2, 0.25) is 5.02 Å². The third-order valence-electron chi connectivity index (χ3n) is 3.05. The molecule has 1 aromatic carbocycles. The fraction of sp³-hybridized carbons (Fsp3) is 0.462. The van der Waals surface area contributed by atoms with Gasteiger partial charge >= 0.3 is 0 Å². The van der Waals surface area contributed by atoms with Gasteiger partial charge in [-0.05, 0) is 44.5 Å². The Hall–Kier alpha value is -0.930. The summed E-state index contributed by atoms with van der Waals surface area (Å²) < 4.78 is 32.7. The zero-order valence-corrected chi connectivity index (χ0v) is 13.6. The van der Waals surface area contributed by atoms with Crippen molar-refractivity contribution in [2.45, 2.75) is 19.8 Å². The van der Waals surface area contributed by atoms with E-state index in [4.69, 9.17) is 30.2 Å². The van der Waals surface area contributed by atoms with E-state index in [0.717, 1.165) is 24.3 Å². The van der Waals surface area contributed by atoms with Crippen molar-refractivity contribution in [3.05, 3.63) is 28.8 Å². The second-order valence-corrected chi connectivity index (χ2v) is 6.06. The van der Waals surface area contributed by atoms with Crippen LogP contribution in [0.15, 0.2) is 18.2 Å². The van der Waals surface area contributed by atoms with E-state index in [1.165, 1.54) is 12.8 Å². The molecule has 124 valence electrons. The standard InChI is InChI=1S/C13H17ClN2O.ClHO4/c1-10-5-4-6-11(14)13(10)15-12(17)9-16-7-2-3-8-16;2-1(3,4)5/h4-6H,2-3,7-9H2,1H3,(H,15,17);(H,2,3,4,5). The Morgan fingerprint density at radius 3 is 2.41 bits per heavy atom. The minimum absolute atomic E-state index is 0.0168. The van der Waals surface area contributed by atoms with Crippen molar-refractivity contribution in [3.8, 4) is 0 Å². The first kappa shape index (κ1) is 19.1. The minimum atomic E-state index is -4.69. The number of halogens is 2. The van der Waals surface area contributed by atoms with Gasteiger partial charge in [-0.25, -0.2) is 0 Å². The maximum absolute atomic E-state index is 11.9. The largest absolute Gasteiger partial charge is 0.323 e. The molecule has 9 heteroatoms. The van der Waals surface area contributed by atoms with Gasteiger partial charge in [-0.2, -0.15) is 14.0 Å². The lowest BCUT2D eigenvalue weighted by Gasteiger charge is -2.15. The fourth-order valence-electron chi connectivity index (χ4n) is 2.11. The number of hydrogen-bond donors (Lipinski definition) is 2. The molecule has 22 heavy (non-hydrogen) atoms. The molecule has 2 N–H and O–H groups in total. The van der Waals surface area contributed by atoms with Crippen molar-refractivity contribution in [2.24, 2.45) is 0 Å². The molecule has 0 aliphatic carbocycles. The van der Waals surface area contributed by atoms with E-state index < -0.39 is 10.2 Å². The van der Waals surface area contributed by atoms with Crippen LogP contribution in [0.3, 0.4) is 0 Å². The molecule has 1 heterocycles. The predicted molar refractivity (Wildman–Crippen MR) is 72.7 cm³/mol. The first-order chi connectivity index (χ1) is 10.2. The second-order valence-electron chi connectivity index (χ2n) is 4.86. The lowest BCUT2D eigenvalue weighted by Crippen LogP contribution is -2.58. The van der Waals surface area contributed by atoms with Crippen molar-refractivity contribution in [3.63, 3.8) is 0 Å². The van der Waals surface area contributed by atoms with Gasteiger partial charge in [0.25, 0.3) is 0 Å². The van der Waals surface area contributed by atoms with Gasteiger partial charge in [-0.15, -0.1) is 0 Å². The summed E-state index contributed by atoms with van der Waals surface area (Å²) in [5.41, 5.74) is 1.73. The molecule has 0 radical (unpaired) electrons. The van der Waals surface area contributed by atoms with Gasteiger partial charge in [-0.3, -0.25) is 9.69 Å². The Labute approximate surface area is 135 Å². The first-order valence-corrected chi connectivity index (χ1v) is 8.21. The van der Waals surface area contributed by atoms with Crippen LogP contribution in [-0.2, 0) is 4.79 Å². The average molecular weight is 353 g/mol. The fourth-order valence-corrected chi connectivity index (χ4v) is 2.38. The number of para-hydroxylation sites is 1. The monoisotopic (exact) mass is 352 g/mol. The highest BCUT2D eigenvalue weighted by atomic mass is 35.7. The van der Waals surface area contributed by atoms with Gasteiger partial charge < -0.3 is 5.32 Å². The number of nitrogens with one attached hydrogen (secondary N) is 1. The van der Waals surface area contributed by atoms with E-state index >= 15 is 0 Å². The Kier molecular flexibility index (Phi) is 7.51. The Morgan fingerprint density at radius 2 is 1.91 bits per heavy atom. The van der Waals surface area contributed by atoms with Crippen LogP contribution in [0.4, 0.5) is 5.69 Å². The number of hydrogen-bond acceptors (Lipinski definition) is 6. The van der Waals surface area contributed by atoms with E-state index in [0.29, 0.717) is 11.6 Å². The van der Waals surface area contributed by atoms with Crippen LogP contribution < -0.4 is 19.3 Å². The number of amides is 1. The summed E-state index contributed by atoms with van der Waals surface area (Å²) in [5.74, 6) is 0.0168. The number of anilines is 1. The van der Waals surface area contributed by atoms with E-state index in [2.05, 4.69) is 10.2 Å². The SMILES string of the molecule is Cc1cccc(Cl)c1NC(=O)CN1CCCC1.[O-][Cl+3]([O-])([O-])O. The number of aryl methyl sites for hydroxylation is 1. The van der Waals surface area contributed by atoms with E-state index in [9.17, 15) is 4.79 Å². The molecule has 0 spiro atoms. The number of likely N-dealkylation sites (tertiary alicyclic amines) is 1. The first-order valence-electron chi connectivity index (χ1n) is 6.57. The summed E-state index contributed by atoms with van der Waals surface area (Å²) in [5, 5.41) is 3.49. The third kappa shape index (κ3) is 7.90. The maximum Gasteiger partial charge on any atom is 0.238 e. The maximum atomic E-state index is 11.9. The molecule has 1 fully saturated rings. The normalized spacial score (nSPS) is 15.2. The van der Waals surface area contributed by atoms with Gasteiger partial charge in [0.1, 0.15) is 0 Å². The molecule has 1 aromatic rings. The molecule has 0 bridgehead atoms. The Bertz CT molecular complexity index is 475. The lowest BCUT2D eigenvalue weighted by molar-refractivity contribution is -1.92. The van der Waals surface area contributed by atoms with Crippen LogP contribution in [0.1, 0.15) is 18.4 Å². The molecule has 1 aliphatic heterocycles. The number of carbonyl (C=O) groups is 1. The smallest absolute Gasteiger partial charge is 0.238 e. The molecule has 0 saturated carbocycles. The van der Waals surface area contributed by atoms with Crippen molar-refractivity contribution in [2.75, 3.05) is 25.0 Å². The van der Waals surface area contributed by atoms with Crippen molar-refractivity contribution in [1.29, 1.82) is 0 Å². The molecule has 0 unspecified atom stereocenters. The summed E-state index contributed by atoms with van der Waals surface area (Å²) in [6.45, 7) is 4.45. The molecule has 2 rings (SSSR count). The second kappa shape index (κ2) is 8.64. The van der Waals surface area contributed by atoms with Crippen molar-refractivity contribution in [1.82, 2.24) is 4.90 Å². The summed E-state index contributed by atoms with van der Waals surface area (Å²) >= 11 is 6.06. The van der Waals surface area contributed by atoms with E-state index in [1.807, 2.05) is 19.1 Å². The molecule has 1 aliphatic rings. The topological polar surface area (TPSA) is 122 Å². The molecular formula is C13H18Cl2N2O5. The average Bonchev–Trinajstić information content (AvgIpc) is 2.85. The number of benzene rings is 1. The van der Waals surface area contributed by atoms with Crippen LogP contribution in [-0.4, -0.2) is 35.1 Å². The predicted octanol–water partition coefficient (Wildman–Crippen LogP) is -1.44. The van der Waals surface area contributed by atoms with Crippen LogP contribution in [0.25, 0.3) is 0 Å². The highest BCUT2D eigenvalue weighted by Crippen LogP contribution is 2.25. The molecule has 0 aromatic heterocycles. The Balaban J connectivity index is 0.000000422. The number of nitrogens with zero attached hydrogens (tertiary/aromatic N) is 1. The summed E-state index contributed by atoms with van der Waals surface area (Å²) in [6.07, 6.45) is 2.39. The Morgan fingerprint density at radius 1 is 1.36 bits per heavy atom. The molecule has 1 saturated heterocycles.